The van der Waals surface area contributed by atoms with Gasteiger partial charge in [0.15, 0.2) is 5.16 Å². The summed E-state index contributed by atoms with van der Waals surface area (Å²) in [5.74, 6) is -0.285. The molecule has 2 aromatic carbocycles. The van der Waals surface area contributed by atoms with Crippen LogP contribution in [0.15, 0.2) is 40.4 Å². The first-order chi connectivity index (χ1) is 9.52. The molecule has 0 unspecified atom stereocenters. The molecule has 0 spiro atoms. The third-order valence-electron chi connectivity index (χ3n) is 3.11. The monoisotopic (exact) mass is 287 g/mol. The molecule has 0 radical (unpaired) electrons. The van der Waals surface area contributed by atoms with Gasteiger partial charge in [-0.25, -0.2) is 9.37 Å². The molecule has 0 saturated carbocycles. The molecule has 0 fully saturated rings. The fourth-order valence-electron chi connectivity index (χ4n) is 2.01. The van der Waals surface area contributed by atoms with Crippen molar-refractivity contribution in [1.82, 2.24) is 9.97 Å². The van der Waals surface area contributed by atoms with E-state index in [1.54, 1.807) is 13.0 Å². The van der Waals surface area contributed by atoms with Crippen molar-refractivity contribution in [3.8, 4) is 0 Å². The molecule has 20 heavy (non-hydrogen) atoms. The molecule has 5 heteroatoms. The van der Waals surface area contributed by atoms with E-state index in [4.69, 9.17) is 5.73 Å². The van der Waals surface area contributed by atoms with Crippen molar-refractivity contribution in [2.24, 2.45) is 0 Å². The number of imidazole rings is 1. The topological polar surface area (TPSA) is 54.7 Å². The summed E-state index contributed by atoms with van der Waals surface area (Å²) in [7, 11) is 0. The molecule has 0 aliphatic heterocycles. The number of rotatable bonds is 2. The Morgan fingerprint density at radius 3 is 2.80 bits per heavy atom. The first-order valence-electron chi connectivity index (χ1n) is 6.23. The smallest absolute Gasteiger partial charge is 0.171 e. The Kier molecular flexibility index (Phi) is 3.14. The van der Waals surface area contributed by atoms with Crippen LogP contribution in [0.1, 0.15) is 11.1 Å². The van der Waals surface area contributed by atoms with E-state index in [2.05, 4.69) is 9.97 Å². The molecule has 0 aliphatic carbocycles. The van der Waals surface area contributed by atoms with Crippen molar-refractivity contribution in [2.45, 2.75) is 23.9 Å². The second-order valence-corrected chi connectivity index (χ2v) is 5.83. The average molecular weight is 287 g/mol. The molecule has 0 aliphatic rings. The van der Waals surface area contributed by atoms with E-state index >= 15 is 0 Å². The number of nitrogens with two attached hydrogens (primary N) is 1. The Balaban J connectivity index is 1.99. The number of nitrogens with one attached hydrogen (secondary N) is 1. The molecule has 102 valence electrons. The van der Waals surface area contributed by atoms with Crippen LogP contribution < -0.4 is 5.73 Å². The third-order valence-corrected chi connectivity index (χ3v) is 4.07. The standard InChI is InChI=1S/C15H14FN3S/c1-8-3-4-12-13(5-8)19-15(18-12)20-14-6-9(2)10(16)7-11(14)17/h3-7H,17H2,1-2H3,(H,18,19). The summed E-state index contributed by atoms with van der Waals surface area (Å²) in [6.45, 7) is 3.76. The van der Waals surface area contributed by atoms with Crippen LogP contribution in [-0.4, -0.2) is 9.97 Å². The molecule has 3 N–H and O–H groups in total. The molecule has 0 atom stereocenters. The molecule has 3 nitrogen and oxygen atoms in total. The Morgan fingerprint density at radius 2 is 2.00 bits per heavy atom. The van der Waals surface area contributed by atoms with Crippen molar-refractivity contribution >= 4 is 28.5 Å². The number of hydrogen-bond acceptors (Lipinski definition) is 3. The Labute approximate surface area is 120 Å². The van der Waals surface area contributed by atoms with Crippen LogP contribution in [0.5, 0.6) is 0 Å². The highest BCUT2D eigenvalue weighted by Gasteiger charge is 2.09. The minimum atomic E-state index is -0.285. The number of aromatic nitrogens is 2. The molecule has 1 heterocycles. The van der Waals surface area contributed by atoms with Crippen molar-refractivity contribution < 1.29 is 4.39 Å². The first kappa shape index (κ1) is 13.0. The van der Waals surface area contributed by atoms with Crippen LogP contribution in [0.4, 0.5) is 10.1 Å². The summed E-state index contributed by atoms with van der Waals surface area (Å²) in [6, 6.07) is 9.14. The Bertz CT molecular complexity index is 795. The number of benzene rings is 2. The van der Waals surface area contributed by atoms with Crippen molar-refractivity contribution in [3.63, 3.8) is 0 Å². The minimum absolute atomic E-state index is 0.285. The van der Waals surface area contributed by atoms with E-state index in [-0.39, 0.29) is 5.82 Å². The predicted octanol–water partition coefficient (Wildman–Crippen LogP) is 4.05. The highest BCUT2D eigenvalue weighted by molar-refractivity contribution is 7.99. The highest BCUT2D eigenvalue weighted by Crippen LogP contribution is 2.33. The molecule has 3 aromatic rings. The third kappa shape index (κ3) is 2.36. The average Bonchev–Trinajstić information content (AvgIpc) is 2.77. The van der Waals surface area contributed by atoms with Crippen LogP contribution in [0, 0.1) is 19.7 Å². The van der Waals surface area contributed by atoms with Crippen molar-refractivity contribution in [2.75, 3.05) is 5.73 Å². The van der Waals surface area contributed by atoms with Gasteiger partial charge in [0.25, 0.3) is 0 Å². The minimum Gasteiger partial charge on any atom is -0.398 e. The normalized spacial score (nSPS) is 11.2. The van der Waals surface area contributed by atoms with Gasteiger partial charge in [-0.05, 0) is 61.0 Å². The molecule has 0 bridgehead atoms. The zero-order valence-electron chi connectivity index (χ0n) is 11.2. The SMILES string of the molecule is Cc1ccc2nc(Sc3cc(C)c(F)cc3N)[nH]c2c1. The lowest BCUT2D eigenvalue weighted by molar-refractivity contribution is 0.618. The van der Waals surface area contributed by atoms with Gasteiger partial charge < -0.3 is 10.7 Å². The largest absolute Gasteiger partial charge is 0.398 e. The number of halogens is 1. The zero-order valence-corrected chi connectivity index (χ0v) is 12.0. The number of aryl methyl sites for hydroxylation is 2. The lowest BCUT2D eigenvalue weighted by Crippen LogP contribution is -1.93. The van der Waals surface area contributed by atoms with Crippen molar-refractivity contribution in [1.29, 1.82) is 0 Å². The molecular formula is C15H14FN3S. The van der Waals surface area contributed by atoms with Crippen LogP contribution in [0.3, 0.4) is 0 Å². The maximum Gasteiger partial charge on any atom is 0.171 e. The number of nitrogen functional groups attached to an aromatic ring is 1. The van der Waals surface area contributed by atoms with Crippen LogP contribution >= 0.6 is 11.8 Å². The predicted molar refractivity (Wildman–Crippen MR) is 80.5 cm³/mol. The van der Waals surface area contributed by atoms with E-state index in [0.29, 0.717) is 11.3 Å². The van der Waals surface area contributed by atoms with Gasteiger partial charge in [-0.1, -0.05) is 6.07 Å². The summed E-state index contributed by atoms with van der Waals surface area (Å²) < 4.78 is 13.4. The zero-order chi connectivity index (χ0) is 14.3. The molecule has 0 amide bonds. The highest BCUT2D eigenvalue weighted by atomic mass is 32.2. The van der Waals surface area contributed by atoms with Gasteiger partial charge in [0, 0.05) is 10.6 Å². The summed E-state index contributed by atoms with van der Waals surface area (Å²) in [6.07, 6.45) is 0. The fourth-order valence-corrected chi connectivity index (χ4v) is 2.94. The lowest BCUT2D eigenvalue weighted by atomic mass is 10.2. The maximum absolute atomic E-state index is 13.4. The lowest BCUT2D eigenvalue weighted by Gasteiger charge is -2.05. The number of nitrogens with zero attached hydrogens (tertiary/aromatic N) is 1. The molecular weight excluding hydrogens is 273 g/mol. The number of aromatic amines is 1. The summed E-state index contributed by atoms with van der Waals surface area (Å²) in [5.41, 5.74) is 9.94. The second-order valence-electron chi connectivity index (χ2n) is 4.80. The quantitative estimate of drug-likeness (QED) is 0.699. The number of anilines is 1. The summed E-state index contributed by atoms with van der Waals surface area (Å²) in [4.78, 5) is 8.55. The molecule has 0 saturated heterocycles. The number of H-pyrrole nitrogens is 1. The fraction of sp³-hybridized carbons (Fsp3) is 0.133. The maximum atomic E-state index is 13.4. The number of hydrogen-bond donors (Lipinski definition) is 2. The van der Waals surface area contributed by atoms with E-state index < -0.39 is 0 Å². The molecule has 3 rings (SSSR count). The van der Waals surface area contributed by atoms with E-state index in [9.17, 15) is 4.39 Å². The summed E-state index contributed by atoms with van der Waals surface area (Å²) in [5, 5.41) is 0.753. The van der Waals surface area contributed by atoms with Crippen LogP contribution in [0.25, 0.3) is 11.0 Å². The molecule has 1 aromatic heterocycles. The van der Waals surface area contributed by atoms with Gasteiger partial charge in [-0.3, -0.25) is 0 Å². The number of fused-ring (bicyclic) bond motifs is 1. The van der Waals surface area contributed by atoms with E-state index in [1.807, 2.05) is 25.1 Å². The van der Waals surface area contributed by atoms with E-state index in [0.717, 1.165) is 21.1 Å². The van der Waals surface area contributed by atoms with Gasteiger partial charge in [0.05, 0.1) is 11.0 Å². The Hall–Kier alpha value is -2.01. The van der Waals surface area contributed by atoms with Gasteiger partial charge in [-0.15, -0.1) is 0 Å². The van der Waals surface area contributed by atoms with Gasteiger partial charge >= 0.3 is 0 Å². The van der Waals surface area contributed by atoms with Crippen molar-refractivity contribution in [3.05, 3.63) is 47.3 Å². The first-order valence-corrected chi connectivity index (χ1v) is 7.04. The van der Waals surface area contributed by atoms with Gasteiger partial charge in [-0.2, -0.15) is 0 Å². The second kappa shape index (κ2) is 4.83. The Morgan fingerprint density at radius 1 is 1.20 bits per heavy atom. The van der Waals surface area contributed by atoms with Gasteiger partial charge in [0.1, 0.15) is 5.82 Å². The summed E-state index contributed by atoms with van der Waals surface area (Å²) >= 11 is 1.41. The van der Waals surface area contributed by atoms with Crippen LogP contribution in [0.2, 0.25) is 0 Å². The van der Waals surface area contributed by atoms with Crippen LogP contribution in [-0.2, 0) is 0 Å². The van der Waals surface area contributed by atoms with Gasteiger partial charge in [0.2, 0.25) is 0 Å². The van der Waals surface area contributed by atoms with E-state index in [1.165, 1.54) is 23.4 Å².